The van der Waals surface area contributed by atoms with Gasteiger partial charge in [0, 0.05) is 18.8 Å². The molecule has 5 heteroatoms. The van der Waals surface area contributed by atoms with Gasteiger partial charge in [0.15, 0.2) is 0 Å². The van der Waals surface area contributed by atoms with Crippen molar-refractivity contribution in [1.82, 2.24) is 9.78 Å². The highest BCUT2D eigenvalue weighted by molar-refractivity contribution is 6.04. The summed E-state index contributed by atoms with van der Waals surface area (Å²) in [6, 6.07) is 7.47. The molecule has 3 N–H and O–H groups in total. The number of nitrogens with zero attached hydrogens (tertiary/aromatic N) is 2. The average Bonchev–Trinajstić information content (AvgIpc) is 2.75. The Labute approximate surface area is 106 Å². The zero-order chi connectivity index (χ0) is 13.0. The SMILES string of the molecule is Cn1cc(NC(=O)c2cccc(CCN)c2)cn1. The Hall–Kier alpha value is -2.14. The van der Waals surface area contributed by atoms with Crippen LogP contribution in [0.2, 0.25) is 0 Å². The van der Waals surface area contributed by atoms with Crippen molar-refractivity contribution in [1.29, 1.82) is 0 Å². The summed E-state index contributed by atoms with van der Waals surface area (Å²) in [5, 5.41) is 6.79. The van der Waals surface area contributed by atoms with Crippen LogP contribution in [0.4, 0.5) is 5.69 Å². The largest absolute Gasteiger partial charge is 0.330 e. The molecule has 2 aromatic rings. The van der Waals surface area contributed by atoms with Gasteiger partial charge in [0.1, 0.15) is 0 Å². The molecule has 0 aliphatic rings. The van der Waals surface area contributed by atoms with E-state index in [9.17, 15) is 4.79 Å². The fourth-order valence-electron chi connectivity index (χ4n) is 1.72. The molecule has 0 aliphatic heterocycles. The van der Waals surface area contributed by atoms with E-state index < -0.39 is 0 Å². The van der Waals surface area contributed by atoms with Crippen molar-refractivity contribution in [2.45, 2.75) is 6.42 Å². The first kappa shape index (κ1) is 12.3. The van der Waals surface area contributed by atoms with Gasteiger partial charge in [-0.15, -0.1) is 0 Å². The zero-order valence-corrected chi connectivity index (χ0v) is 10.3. The van der Waals surface area contributed by atoms with Gasteiger partial charge in [-0.05, 0) is 30.7 Å². The van der Waals surface area contributed by atoms with Crippen molar-refractivity contribution in [2.24, 2.45) is 12.8 Å². The molecular formula is C13H16N4O. The Morgan fingerprint density at radius 2 is 2.33 bits per heavy atom. The van der Waals surface area contributed by atoms with Crippen molar-refractivity contribution in [3.8, 4) is 0 Å². The molecule has 2 rings (SSSR count). The zero-order valence-electron chi connectivity index (χ0n) is 10.3. The highest BCUT2D eigenvalue weighted by Gasteiger charge is 2.07. The number of hydrogen-bond donors (Lipinski definition) is 2. The van der Waals surface area contributed by atoms with E-state index in [4.69, 9.17) is 5.73 Å². The van der Waals surface area contributed by atoms with Crippen LogP contribution in [0, 0.1) is 0 Å². The second-order valence-corrected chi connectivity index (χ2v) is 4.10. The minimum atomic E-state index is -0.137. The third-order valence-electron chi connectivity index (χ3n) is 2.58. The minimum absolute atomic E-state index is 0.137. The molecule has 0 saturated heterocycles. The lowest BCUT2D eigenvalue weighted by Gasteiger charge is -2.04. The maximum atomic E-state index is 12.0. The lowest BCUT2D eigenvalue weighted by Crippen LogP contribution is -2.12. The van der Waals surface area contributed by atoms with E-state index in [2.05, 4.69) is 10.4 Å². The third kappa shape index (κ3) is 2.95. The number of aromatic nitrogens is 2. The number of benzene rings is 1. The molecule has 0 aliphatic carbocycles. The van der Waals surface area contributed by atoms with Crippen molar-refractivity contribution < 1.29 is 4.79 Å². The maximum absolute atomic E-state index is 12.0. The van der Waals surface area contributed by atoms with Gasteiger partial charge in [-0.1, -0.05) is 12.1 Å². The van der Waals surface area contributed by atoms with Crippen LogP contribution in [0.1, 0.15) is 15.9 Å². The number of anilines is 1. The minimum Gasteiger partial charge on any atom is -0.330 e. The Morgan fingerprint density at radius 3 is 3.00 bits per heavy atom. The van der Waals surface area contributed by atoms with Gasteiger partial charge >= 0.3 is 0 Å². The number of amides is 1. The molecule has 18 heavy (non-hydrogen) atoms. The van der Waals surface area contributed by atoms with Crippen molar-refractivity contribution >= 4 is 11.6 Å². The van der Waals surface area contributed by atoms with E-state index in [0.29, 0.717) is 17.8 Å². The molecule has 0 fully saturated rings. The van der Waals surface area contributed by atoms with Crippen molar-refractivity contribution in [3.05, 3.63) is 47.8 Å². The summed E-state index contributed by atoms with van der Waals surface area (Å²) in [6.07, 6.45) is 4.14. The van der Waals surface area contributed by atoms with Crippen LogP contribution in [0.3, 0.4) is 0 Å². The average molecular weight is 244 g/mol. The van der Waals surface area contributed by atoms with Gasteiger partial charge in [-0.25, -0.2) is 0 Å². The number of nitrogens with one attached hydrogen (secondary N) is 1. The van der Waals surface area contributed by atoms with E-state index in [0.717, 1.165) is 12.0 Å². The maximum Gasteiger partial charge on any atom is 0.255 e. The Morgan fingerprint density at radius 1 is 1.50 bits per heavy atom. The number of hydrogen-bond acceptors (Lipinski definition) is 3. The molecule has 1 heterocycles. The highest BCUT2D eigenvalue weighted by atomic mass is 16.1. The molecule has 0 saturated carbocycles. The van der Waals surface area contributed by atoms with Gasteiger partial charge in [-0.3, -0.25) is 9.48 Å². The molecule has 1 aromatic heterocycles. The van der Waals surface area contributed by atoms with E-state index in [1.54, 1.807) is 30.2 Å². The predicted octanol–water partition coefficient (Wildman–Crippen LogP) is 1.17. The molecule has 5 nitrogen and oxygen atoms in total. The van der Waals surface area contributed by atoms with Crippen LogP contribution in [0.5, 0.6) is 0 Å². The highest BCUT2D eigenvalue weighted by Crippen LogP contribution is 2.10. The van der Waals surface area contributed by atoms with Crippen molar-refractivity contribution in [3.63, 3.8) is 0 Å². The molecule has 1 aromatic carbocycles. The lowest BCUT2D eigenvalue weighted by molar-refractivity contribution is 0.102. The molecule has 0 unspecified atom stereocenters. The second kappa shape index (κ2) is 5.46. The van der Waals surface area contributed by atoms with Crippen LogP contribution in [-0.2, 0) is 13.5 Å². The third-order valence-corrected chi connectivity index (χ3v) is 2.58. The fraction of sp³-hybridized carbons (Fsp3) is 0.231. The molecule has 1 amide bonds. The second-order valence-electron chi connectivity index (χ2n) is 4.10. The molecular weight excluding hydrogens is 228 g/mol. The topological polar surface area (TPSA) is 72.9 Å². The van der Waals surface area contributed by atoms with E-state index in [1.807, 2.05) is 18.2 Å². The summed E-state index contributed by atoms with van der Waals surface area (Å²) in [7, 11) is 1.80. The molecule has 94 valence electrons. The first-order chi connectivity index (χ1) is 8.69. The molecule has 0 spiro atoms. The Balaban J connectivity index is 2.11. The normalized spacial score (nSPS) is 10.3. The quantitative estimate of drug-likeness (QED) is 0.848. The monoisotopic (exact) mass is 244 g/mol. The predicted molar refractivity (Wildman–Crippen MR) is 70.4 cm³/mol. The Bertz CT molecular complexity index is 547. The number of carbonyl (C=O) groups excluding carboxylic acids is 1. The first-order valence-electron chi connectivity index (χ1n) is 5.78. The summed E-state index contributed by atoms with van der Waals surface area (Å²) in [6.45, 7) is 0.577. The van der Waals surface area contributed by atoms with Gasteiger partial charge < -0.3 is 11.1 Å². The number of rotatable bonds is 4. The number of nitrogens with two attached hydrogens (primary N) is 1. The van der Waals surface area contributed by atoms with Gasteiger partial charge in [0.2, 0.25) is 0 Å². The van der Waals surface area contributed by atoms with E-state index >= 15 is 0 Å². The van der Waals surface area contributed by atoms with Crippen LogP contribution >= 0.6 is 0 Å². The molecule has 0 radical (unpaired) electrons. The smallest absolute Gasteiger partial charge is 0.255 e. The lowest BCUT2D eigenvalue weighted by atomic mass is 10.1. The fourth-order valence-corrected chi connectivity index (χ4v) is 1.72. The summed E-state index contributed by atoms with van der Waals surface area (Å²) < 4.78 is 1.64. The standard InChI is InChI=1S/C13H16N4O/c1-17-9-12(8-15-17)16-13(18)11-4-2-3-10(7-11)5-6-14/h2-4,7-9H,5-6,14H2,1H3,(H,16,18). The molecule has 0 bridgehead atoms. The van der Waals surface area contributed by atoms with Crippen LogP contribution in [-0.4, -0.2) is 22.2 Å². The Kier molecular flexibility index (Phi) is 3.74. The van der Waals surface area contributed by atoms with Crippen LogP contribution in [0.15, 0.2) is 36.7 Å². The van der Waals surface area contributed by atoms with Crippen molar-refractivity contribution in [2.75, 3.05) is 11.9 Å². The van der Waals surface area contributed by atoms with Gasteiger partial charge in [0.05, 0.1) is 11.9 Å². The van der Waals surface area contributed by atoms with E-state index in [1.165, 1.54) is 0 Å². The van der Waals surface area contributed by atoms with Gasteiger partial charge in [-0.2, -0.15) is 5.10 Å². The summed E-state index contributed by atoms with van der Waals surface area (Å²) in [5.41, 5.74) is 7.88. The van der Waals surface area contributed by atoms with Crippen LogP contribution in [0.25, 0.3) is 0 Å². The number of aryl methyl sites for hydroxylation is 1. The number of carbonyl (C=O) groups is 1. The first-order valence-corrected chi connectivity index (χ1v) is 5.78. The summed E-state index contributed by atoms with van der Waals surface area (Å²) in [5.74, 6) is -0.137. The summed E-state index contributed by atoms with van der Waals surface area (Å²) >= 11 is 0. The van der Waals surface area contributed by atoms with E-state index in [-0.39, 0.29) is 5.91 Å². The van der Waals surface area contributed by atoms with Gasteiger partial charge in [0.25, 0.3) is 5.91 Å². The van der Waals surface area contributed by atoms with Crippen LogP contribution < -0.4 is 11.1 Å². The molecule has 0 atom stereocenters. The summed E-state index contributed by atoms with van der Waals surface area (Å²) in [4.78, 5) is 12.0.